The number of rotatable bonds is 8. The van der Waals surface area contributed by atoms with Crippen LogP contribution in [0.1, 0.15) is 21.5 Å². The average Bonchev–Trinajstić information content (AvgIpc) is 2.60. The zero-order valence-corrected chi connectivity index (χ0v) is 16.2. The lowest BCUT2D eigenvalue weighted by molar-refractivity contribution is -0.0340. The molecule has 0 fully saturated rings. The summed E-state index contributed by atoms with van der Waals surface area (Å²) in [7, 11) is 0. The summed E-state index contributed by atoms with van der Waals surface area (Å²) in [6.45, 7) is -1.21. The van der Waals surface area contributed by atoms with E-state index in [0.717, 1.165) is 12.1 Å². The summed E-state index contributed by atoms with van der Waals surface area (Å²) in [5.41, 5.74) is 5.59. The molecule has 0 radical (unpaired) electrons. The third kappa shape index (κ3) is 5.58. The van der Waals surface area contributed by atoms with Gasteiger partial charge >= 0.3 is 0 Å². The highest BCUT2D eigenvalue weighted by Crippen LogP contribution is 2.27. The Balaban J connectivity index is 2.37. The second kappa shape index (κ2) is 9.40. The maximum atomic E-state index is 14.1. The fourth-order valence-corrected chi connectivity index (χ4v) is 2.90. The van der Waals surface area contributed by atoms with Crippen LogP contribution in [-0.2, 0) is 6.42 Å². The van der Waals surface area contributed by atoms with E-state index in [4.69, 9.17) is 15.6 Å². The third-order valence-electron chi connectivity index (χ3n) is 3.83. The molecule has 2 rings (SSSR count). The van der Waals surface area contributed by atoms with Crippen molar-refractivity contribution in [1.82, 2.24) is 0 Å². The normalized spacial score (nSPS) is 13.3. The summed E-state index contributed by atoms with van der Waals surface area (Å²) < 4.78 is 34.0. The van der Waals surface area contributed by atoms with Gasteiger partial charge in [0.25, 0.3) is 5.91 Å². The molecule has 0 aliphatic rings. The minimum absolute atomic E-state index is 0.100. The van der Waals surface area contributed by atoms with Gasteiger partial charge in [0.05, 0.1) is 12.2 Å². The van der Waals surface area contributed by atoms with Gasteiger partial charge in [-0.2, -0.15) is 0 Å². The van der Waals surface area contributed by atoms with E-state index in [1.165, 1.54) is 12.1 Å². The molecule has 27 heavy (non-hydrogen) atoms. The molecule has 0 bridgehead atoms. The number of nitrogens with two attached hydrogens (primary N) is 1. The zero-order chi connectivity index (χ0) is 20.1. The lowest BCUT2D eigenvalue weighted by atomic mass is 9.98. The first-order chi connectivity index (χ1) is 12.7. The van der Waals surface area contributed by atoms with E-state index >= 15 is 0 Å². The van der Waals surface area contributed by atoms with Crippen LogP contribution in [0, 0.1) is 15.2 Å². The van der Waals surface area contributed by atoms with Crippen molar-refractivity contribution in [3.63, 3.8) is 0 Å². The Morgan fingerprint density at radius 2 is 1.85 bits per heavy atom. The lowest BCUT2D eigenvalue weighted by Gasteiger charge is -2.19. The molecular formula is C18H18F2INO5. The Labute approximate surface area is 167 Å². The van der Waals surface area contributed by atoms with Crippen LogP contribution in [0.3, 0.4) is 0 Å². The van der Waals surface area contributed by atoms with Crippen molar-refractivity contribution in [2.45, 2.75) is 18.6 Å². The van der Waals surface area contributed by atoms with Gasteiger partial charge in [0.2, 0.25) is 0 Å². The summed E-state index contributed by atoms with van der Waals surface area (Å²) in [6.07, 6.45) is -3.02. The lowest BCUT2D eigenvalue weighted by Crippen LogP contribution is -2.34. The standard InChI is InChI=1S/C18H18F2INO5/c19-11-4-10(3-9-1-2-12(21)6-13(9)20)17(18(22)26)16(5-11)27-8-15(25)14(24)7-23/h1-2,4-6,14-15,23-25H,3,7-8H2,(H2,22,26)/t14-,15-/m1/s1. The van der Waals surface area contributed by atoms with Crippen molar-refractivity contribution in [3.8, 4) is 5.75 Å². The maximum Gasteiger partial charge on any atom is 0.252 e. The second-order valence-electron chi connectivity index (χ2n) is 5.84. The van der Waals surface area contributed by atoms with Crippen LogP contribution in [0.25, 0.3) is 0 Å². The van der Waals surface area contributed by atoms with Crippen LogP contribution >= 0.6 is 22.6 Å². The van der Waals surface area contributed by atoms with Crippen molar-refractivity contribution in [3.05, 3.63) is 62.2 Å². The zero-order valence-electron chi connectivity index (χ0n) is 14.0. The van der Waals surface area contributed by atoms with E-state index in [2.05, 4.69) is 0 Å². The fourth-order valence-electron chi connectivity index (χ4n) is 2.45. The van der Waals surface area contributed by atoms with Crippen molar-refractivity contribution < 1.29 is 33.6 Å². The molecule has 0 saturated carbocycles. The van der Waals surface area contributed by atoms with Crippen molar-refractivity contribution in [1.29, 1.82) is 0 Å². The molecule has 5 N–H and O–H groups in total. The molecule has 2 aromatic carbocycles. The smallest absolute Gasteiger partial charge is 0.252 e. The van der Waals surface area contributed by atoms with E-state index in [1.54, 1.807) is 6.07 Å². The number of carbonyl (C=O) groups excluding carboxylic acids is 1. The van der Waals surface area contributed by atoms with Gasteiger partial charge in [-0.05, 0) is 51.9 Å². The topological polar surface area (TPSA) is 113 Å². The number of carbonyl (C=O) groups is 1. The Hall–Kier alpha value is -1.82. The number of ether oxygens (including phenoxy) is 1. The number of halogens is 3. The van der Waals surface area contributed by atoms with Crippen LogP contribution in [0.5, 0.6) is 5.75 Å². The Kier molecular flexibility index (Phi) is 7.48. The van der Waals surface area contributed by atoms with Gasteiger partial charge < -0.3 is 25.8 Å². The Bertz CT molecular complexity index is 834. The quantitative estimate of drug-likeness (QED) is 0.415. The molecule has 2 atom stereocenters. The first-order valence-electron chi connectivity index (χ1n) is 7.88. The van der Waals surface area contributed by atoms with Gasteiger partial charge in [-0.1, -0.05) is 6.07 Å². The second-order valence-corrected chi connectivity index (χ2v) is 7.09. The van der Waals surface area contributed by atoms with E-state index in [1.807, 2.05) is 22.6 Å². The van der Waals surface area contributed by atoms with Crippen molar-refractivity contribution in [2.75, 3.05) is 13.2 Å². The minimum atomic E-state index is -1.46. The predicted octanol–water partition coefficient (Wildman–Crippen LogP) is 1.35. The molecule has 146 valence electrons. The van der Waals surface area contributed by atoms with Crippen molar-refractivity contribution in [2.24, 2.45) is 5.73 Å². The highest BCUT2D eigenvalue weighted by molar-refractivity contribution is 14.1. The number of hydrogen-bond acceptors (Lipinski definition) is 5. The fraction of sp³-hybridized carbons (Fsp3) is 0.278. The highest BCUT2D eigenvalue weighted by atomic mass is 127. The summed E-state index contributed by atoms with van der Waals surface area (Å²) in [6, 6.07) is 6.47. The minimum Gasteiger partial charge on any atom is -0.490 e. The average molecular weight is 493 g/mol. The molecule has 2 aromatic rings. The molecule has 0 spiro atoms. The van der Waals surface area contributed by atoms with E-state index in [9.17, 15) is 23.8 Å². The van der Waals surface area contributed by atoms with Crippen LogP contribution in [-0.4, -0.2) is 46.6 Å². The summed E-state index contributed by atoms with van der Waals surface area (Å²) in [5, 5.41) is 27.8. The first-order valence-corrected chi connectivity index (χ1v) is 8.96. The van der Waals surface area contributed by atoms with Gasteiger partial charge in [0.1, 0.15) is 36.2 Å². The number of amides is 1. The Morgan fingerprint density at radius 3 is 2.44 bits per heavy atom. The predicted molar refractivity (Wildman–Crippen MR) is 101 cm³/mol. The van der Waals surface area contributed by atoms with Gasteiger partial charge in [-0.3, -0.25) is 4.79 Å². The Morgan fingerprint density at radius 1 is 1.15 bits per heavy atom. The molecule has 0 aliphatic carbocycles. The van der Waals surface area contributed by atoms with Crippen LogP contribution in [0.15, 0.2) is 30.3 Å². The summed E-state index contributed by atoms with van der Waals surface area (Å²) >= 11 is 1.95. The van der Waals surface area contributed by atoms with Gasteiger partial charge in [0.15, 0.2) is 0 Å². The number of hydrogen-bond donors (Lipinski definition) is 4. The number of primary amides is 1. The largest absolute Gasteiger partial charge is 0.490 e. The maximum absolute atomic E-state index is 14.1. The van der Waals surface area contributed by atoms with Gasteiger partial charge in [0, 0.05) is 16.1 Å². The summed E-state index contributed by atoms with van der Waals surface area (Å²) in [5.74, 6) is -2.41. The molecule has 0 aliphatic heterocycles. The third-order valence-corrected chi connectivity index (χ3v) is 4.50. The van der Waals surface area contributed by atoms with Gasteiger partial charge in [-0.15, -0.1) is 0 Å². The van der Waals surface area contributed by atoms with Gasteiger partial charge in [-0.25, -0.2) is 8.78 Å². The SMILES string of the molecule is NC(=O)c1c(Cc2ccc(I)cc2F)cc(F)cc1OC[C@@H](O)[C@H](O)CO. The van der Waals surface area contributed by atoms with E-state index < -0.39 is 43.0 Å². The molecule has 0 aromatic heterocycles. The molecule has 0 saturated heterocycles. The van der Waals surface area contributed by atoms with Crippen LogP contribution in [0.2, 0.25) is 0 Å². The number of aliphatic hydroxyl groups is 3. The molecule has 0 heterocycles. The molecular weight excluding hydrogens is 475 g/mol. The van der Waals surface area contributed by atoms with E-state index in [0.29, 0.717) is 3.57 Å². The number of benzene rings is 2. The number of aliphatic hydroxyl groups excluding tert-OH is 3. The van der Waals surface area contributed by atoms with E-state index in [-0.39, 0.29) is 28.9 Å². The van der Waals surface area contributed by atoms with Crippen LogP contribution < -0.4 is 10.5 Å². The molecule has 0 unspecified atom stereocenters. The monoisotopic (exact) mass is 493 g/mol. The van der Waals surface area contributed by atoms with Crippen LogP contribution in [0.4, 0.5) is 8.78 Å². The summed E-state index contributed by atoms with van der Waals surface area (Å²) in [4.78, 5) is 11.9. The molecule has 6 nitrogen and oxygen atoms in total. The highest BCUT2D eigenvalue weighted by Gasteiger charge is 2.21. The molecule has 1 amide bonds. The van der Waals surface area contributed by atoms with Crippen molar-refractivity contribution >= 4 is 28.5 Å². The first kappa shape index (κ1) is 21.5. The molecule has 9 heteroatoms.